The second kappa shape index (κ2) is 8.39. The molecule has 0 fully saturated rings. The lowest BCUT2D eigenvalue weighted by Crippen LogP contribution is -2.25. The summed E-state index contributed by atoms with van der Waals surface area (Å²) in [5.74, 6) is -0.110. The highest BCUT2D eigenvalue weighted by Crippen LogP contribution is 2.30. The van der Waals surface area contributed by atoms with Crippen LogP contribution in [0.1, 0.15) is 32.3 Å². The van der Waals surface area contributed by atoms with Crippen LogP contribution in [0.15, 0.2) is 52.3 Å². The predicted octanol–water partition coefficient (Wildman–Crippen LogP) is 4.38. The van der Waals surface area contributed by atoms with E-state index >= 15 is 0 Å². The minimum atomic E-state index is -0.445. The Labute approximate surface area is 162 Å². The van der Waals surface area contributed by atoms with Crippen LogP contribution in [0, 0.1) is 0 Å². The lowest BCUT2D eigenvalue weighted by atomic mass is 10.1. The highest BCUT2D eigenvalue weighted by molar-refractivity contribution is 7.98. The average Bonchev–Trinajstić information content (AvgIpc) is 2.67. The number of benzene rings is 1. The van der Waals surface area contributed by atoms with Crippen LogP contribution >= 0.6 is 11.8 Å². The summed E-state index contributed by atoms with van der Waals surface area (Å²) in [6.45, 7) is 3.41. The number of carbonyl (C=O) groups excluding carboxylic acids is 1. The fourth-order valence-electron chi connectivity index (χ4n) is 3.07. The largest absolute Gasteiger partial charge is 0.425 e. The molecule has 0 aliphatic carbocycles. The van der Waals surface area contributed by atoms with E-state index in [1.807, 2.05) is 36.6 Å². The molecule has 0 aliphatic heterocycles. The first-order valence-electron chi connectivity index (χ1n) is 8.92. The predicted molar refractivity (Wildman–Crippen MR) is 109 cm³/mol. The van der Waals surface area contributed by atoms with Gasteiger partial charge in [0.05, 0.1) is 16.6 Å². The Morgan fingerprint density at radius 3 is 2.78 bits per heavy atom. The summed E-state index contributed by atoms with van der Waals surface area (Å²) in [6.07, 6.45) is 5.95. The van der Waals surface area contributed by atoms with Crippen molar-refractivity contribution in [2.75, 3.05) is 6.26 Å². The van der Waals surface area contributed by atoms with E-state index in [1.54, 1.807) is 28.6 Å². The van der Waals surface area contributed by atoms with E-state index in [9.17, 15) is 9.59 Å². The van der Waals surface area contributed by atoms with E-state index in [2.05, 4.69) is 11.9 Å². The third-order valence-electron chi connectivity index (χ3n) is 4.32. The molecule has 5 nitrogen and oxygen atoms in total. The Balaban J connectivity index is 2.38. The smallest absolute Gasteiger partial charge is 0.308 e. The first kappa shape index (κ1) is 19.2. The van der Waals surface area contributed by atoms with Crippen LogP contribution in [-0.4, -0.2) is 21.8 Å². The fraction of sp³-hybridized carbons (Fsp3) is 0.286. The Kier molecular flexibility index (Phi) is 5.96. The maximum atomic E-state index is 13.4. The number of hydrogen-bond donors (Lipinski definition) is 0. The molecule has 0 spiro atoms. The summed E-state index contributed by atoms with van der Waals surface area (Å²) in [4.78, 5) is 30.6. The number of nitrogens with zero attached hydrogens (tertiary/aromatic N) is 2. The van der Waals surface area contributed by atoms with Crippen LogP contribution in [0.2, 0.25) is 0 Å². The van der Waals surface area contributed by atoms with Crippen LogP contribution in [-0.2, 0) is 11.2 Å². The summed E-state index contributed by atoms with van der Waals surface area (Å²) in [5.41, 5.74) is 1.56. The van der Waals surface area contributed by atoms with Gasteiger partial charge in [-0.05, 0) is 49.4 Å². The van der Waals surface area contributed by atoms with E-state index in [-0.39, 0.29) is 5.56 Å². The van der Waals surface area contributed by atoms with Gasteiger partial charge in [-0.15, -0.1) is 11.8 Å². The van der Waals surface area contributed by atoms with Gasteiger partial charge in [-0.3, -0.25) is 14.2 Å². The summed E-state index contributed by atoms with van der Waals surface area (Å²) in [5, 5.41) is 0.660. The fourth-order valence-corrected chi connectivity index (χ4v) is 3.52. The first-order valence-corrected chi connectivity index (χ1v) is 10.1. The third-order valence-corrected chi connectivity index (χ3v) is 5.04. The van der Waals surface area contributed by atoms with Crippen molar-refractivity contribution in [1.29, 1.82) is 0 Å². The molecule has 0 unspecified atom stereocenters. The maximum Gasteiger partial charge on any atom is 0.308 e. The number of esters is 1. The molecule has 1 aromatic carbocycles. The van der Waals surface area contributed by atoms with Crippen molar-refractivity contribution in [2.45, 2.75) is 38.0 Å². The summed E-state index contributed by atoms with van der Waals surface area (Å²) >= 11 is 1.61. The Morgan fingerprint density at radius 2 is 2.07 bits per heavy atom. The van der Waals surface area contributed by atoms with Gasteiger partial charge in [0.25, 0.3) is 5.56 Å². The van der Waals surface area contributed by atoms with Crippen molar-refractivity contribution < 1.29 is 9.53 Å². The molecular formula is C21H22N2O3S. The van der Waals surface area contributed by atoms with Crippen molar-refractivity contribution in [3.8, 4) is 11.4 Å². The van der Waals surface area contributed by atoms with Crippen molar-refractivity contribution in [2.24, 2.45) is 0 Å². The van der Waals surface area contributed by atoms with Crippen molar-refractivity contribution in [3.05, 3.63) is 58.5 Å². The second-order valence-corrected chi connectivity index (χ2v) is 7.10. The Bertz CT molecular complexity index is 1040. The van der Waals surface area contributed by atoms with E-state index in [0.29, 0.717) is 28.8 Å². The van der Waals surface area contributed by atoms with E-state index < -0.39 is 5.97 Å². The third kappa shape index (κ3) is 3.90. The Hall–Kier alpha value is -2.60. The van der Waals surface area contributed by atoms with E-state index in [4.69, 9.17) is 4.74 Å². The molecule has 0 bridgehead atoms. The van der Waals surface area contributed by atoms with Gasteiger partial charge < -0.3 is 4.74 Å². The SMILES string of the molecule is CCCCc1c(OC(C)=O)c2cccnc2n(-c2cccc(SC)c2)c1=O. The standard InChI is InChI=1S/C21H22N2O3S/c1-4-5-10-18-19(26-14(2)24)17-11-7-12-22-20(17)23(21(18)25)15-8-6-9-16(13-15)27-3/h6-9,11-13H,4-5,10H2,1-3H3. The van der Waals surface area contributed by atoms with Crippen molar-refractivity contribution >= 4 is 28.8 Å². The molecule has 0 saturated heterocycles. The molecule has 0 atom stereocenters. The molecule has 0 amide bonds. The minimum Gasteiger partial charge on any atom is -0.425 e. The molecule has 0 aliphatic rings. The molecule has 27 heavy (non-hydrogen) atoms. The zero-order valence-corrected chi connectivity index (χ0v) is 16.5. The molecule has 2 heterocycles. The van der Waals surface area contributed by atoms with Crippen LogP contribution in [0.5, 0.6) is 5.75 Å². The quantitative estimate of drug-likeness (QED) is 0.468. The summed E-state index contributed by atoms with van der Waals surface area (Å²) in [7, 11) is 0. The minimum absolute atomic E-state index is 0.191. The number of ether oxygens (including phenoxy) is 1. The van der Waals surface area contributed by atoms with E-state index in [1.165, 1.54) is 6.92 Å². The maximum absolute atomic E-state index is 13.4. The molecule has 3 aromatic rings. The number of pyridine rings is 2. The van der Waals surface area contributed by atoms with Gasteiger partial charge in [0.15, 0.2) is 11.4 Å². The van der Waals surface area contributed by atoms with Crippen LogP contribution < -0.4 is 10.3 Å². The summed E-state index contributed by atoms with van der Waals surface area (Å²) in [6, 6.07) is 11.4. The van der Waals surface area contributed by atoms with Gasteiger partial charge in [0.2, 0.25) is 0 Å². The van der Waals surface area contributed by atoms with Gasteiger partial charge in [-0.1, -0.05) is 19.4 Å². The number of thioether (sulfide) groups is 1. The van der Waals surface area contributed by atoms with Crippen molar-refractivity contribution in [1.82, 2.24) is 9.55 Å². The number of hydrogen-bond acceptors (Lipinski definition) is 5. The topological polar surface area (TPSA) is 61.2 Å². The monoisotopic (exact) mass is 382 g/mol. The Morgan fingerprint density at radius 1 is 1.26 bits per heavy atom. The zero-order valence-electron chi connectivity index (χ0n) is 15.7. The number of unbranched alkanes of at least 4 members (excludes halogenated alkanes) is 1. The molecule has 3 rings (SSSR count). The highest BCUT2D eigenvalue weighted by Gasteiger charge is 2.20. The number of carbonyl (C=O) groups is 1. The molecule has 0 N–H and O–H groups in total. The molecule has 6 heteroatoms. The van der Waals surface area contributed by atoms with E-state index in [0.717, 1.165) is 23.4 Å². The molecule has 0 radical (unpaired) electrons. The van der Waals surface area contributed by atoms with Crippen LogP contribution in [0.4, 0.5) is 0 Å². The molecule has 0 saturated carbocycles. The number of aromatic nitrogens is 2. The van der Waals surface area contributed by atoms with Crippen molar-refractivity contribution in [3.63, 3.8) is 0 Å². The van der Waals surface area contributed by atoms with Crippen LogP contribution in [0.25, 0.3) is 16.7 Å². The first-order chi connectivity index (χ1) is 13.1. The number of fused-ring (bicyclic) bond motifs is 1. The average molecular weight is 382 g/mol. The molecule has 2 aromatic heterocycles. The second-order valence-electron chi connectivity index (χ2n) is 6.22. The van der Waals surface area contributed by atoms with Gasteiger partial charge in [0, 0.05) is 18.0 Å². The van der Waals surface area contributed by atoms with Gasteiger partial charge in [-0.25, -0.2) is 4.98 Å². The highest BCUT2D eigenvalue weighted by atomic mass is 32.2. The molecular weight excluding hydrogens is 360 g/mol. The normalized spacial score (nSPS) is 10.9. The van der Waals surface area contributed by atoms with Gasteiger partial charge >= 0.3 is 5.97 Å². The van der Waals surface area contributed by atoms with Gasteiger partial charge in [0.1, 0.15) is 0 Å². The lowest BCUT2D eigenvalue weighted by Gasteiger charge is -2.17. The molecule has 140 valence electrons. The number of rotatable bonds is 6. The zero-order chi connectivity index (χ0) is 19.4. The van der Waals surface area contributed by atoms with Crippen LogP contribution in [0.3, 0.4) is 0 Å². The lowest BCUT2D eigenvalue weighted by molar-refractivity contribution is -0.131. The summed E-state index contributed by atoms with van der Waals surface area (Å²) < 4.78 is 7.09. The van der Waals surface area contributed by atoms with Gasteiger partial charge in [-0.2, -0.15) is 0 Å².